The maximum Gasteiger partial charge on any atom is 0.322 e. The summed E-state index contributed by atoms with van der Waals surface area (Å²) in [5.74, 6) is -0.479. The molecular weight excluding hydrogens is 381 g/mol. The molecule has 1 aliphatic rings. The quantitative estimate of drug-likeness (QED) is 0.610. The Morgan fingerprint density at radius 2 is 1.93 bits per heavy atom. The van der Waals surface area contributed by atoms with Crippen LogP contribution in [0.5, 0.6) is 0 Å². The average molecular weight is 407 g/mol. The first-order valence-electron chi connectivity index (χ1n) is 10.5. The fourth-order valence-corrected chi connectivity index (χ4v) is 4.15. The number of benzene rings is 2. The van der Waals surface area contributed by atoms with Crippen molar-refractivity contribution >= 4 is 22.6 Å². The number of halogens is 1. The van der Waals surface area contributed by atoms with Crippen LogP contribution in [0.25, 0.3) is 10.9 Å². The molecule has 2 amide bonds. The van der Waals surface area contributed by atoms with E-state index in [0.29, 0.717) is 5.56 Å². The Bertz CT molecular complexity index is 1120. The number of amides is 2. The Hall–Kier alpha value is -3.15. The first-order chi connectivity index (χ1) is 14.5. The first-order valence-corrected chi connectivity index (χ1v) is 10.5. The van der Waals surface area contributed by atoms with Crippen molar-refractivity contribution in [3.63, 3.8) is 0 Å². The molecule has 6 heteroatoms. The Morgan fingerprint density at radius 3 is 2.67 bits per heavy atom. The fourth-order valence-electron chi connectivity index (χ4n) is 4.15. The summed E-state index contributed by atoms with van der Waals surface area (Å²) in [6.45, 7) is 2.27. The van der Waals surface area contributed by atoms with Crippen molar-refractivity contribution in [3.05, 3.63) is 75.8 Å². The second-order valence-electron chi connectivity index (χ2n) is 7.88. The van der Waals surface area contributed by atoms with Gasteiger partial charge in [0.15, 0.2) is 0 Å². The van der Waals surface area contributed by atoms with E-state index in [1.54, 1.807) is 17.0 Å². The van der Waals surface area contributed by atoms with Gasteiger partial charge in [0.05, 0.1) is 12.2 Å². The highest BCUT2D eigenvalue weighted by atomic mass is 19.1. The molecule has 0 aliphatic heterocycles. The van der Waals surface area contributed by atoms with E-state index in [2.05, 4.69) is 23.3 Å². The maximum atomic E-state index is 14.0. The molecule has 156 valence electrons. The molecule has 0 bridgehead atoms. The van der Waals surface area contributed by atoms with E-state index in [9.17, 15) is 14.0 Å². The van der Waals surface area contributed by atoms with Crippen LogP contribution in [0.1, 0.15) is 43.7 Å². The number of fused-ring (bicyclic) bond motifs is 1. The number of para-hydroxylation sites is 1. The number of H-pyrrole nitrogens is 1. The van der Waals surface area contributed by atoms with Crippen molar-refractivity contribution < 1.29 is 9.18 Å². The molecule has 1 saturated carbocycles. The van der Waals surface area contributed by atoms with Crippen LogP contribution in [0.2, 0.25) is 0 Å². The van der Waals surface area contributed by atoms with Crippen LogP contribution in [-0.2, 0) is 13.0 Å². The number of aryl methyl sites for hydroxylation is 1. The minimum atomic E-state index is -0.479. The zero-order valence-corrected chi connectivity index (χ0v) is 17.1. The fraction of sp³-hybridized carbons (Fsp3) is 0.333. The molecule has 4 rings (SSSR count). The molecule has 1 aromatic heterocycles. The molecule has 0 unspecified atom stereocenters. The number of carbonyl (C=O) groups is 1. The zero-order valence-electron chi connectivity index (χ0n) is 17.1. The lowest BCUT2D eigenvalue weighted by atomic mass is 10.1. The molecule has 3 aromatic rings. The van der Waals surface area contributed by atoms with E-state index in [1.165, 1.54) is 17.7 Å². The average Bonchev–Trinajstić information content (AvgIpc) is 3.28. The molecule has 1 fully saturated rings. The summed E-state index contributed by atoms with van der Waals surface area (Å²) >= 11 is 0. The molecule has 5 nitrogen and oxygen atoms in total. The van der Waals surface area contributed by atoms with Gasteiger partial charge in [0.1, 0.15) is 5.82 Å². The van der Waals surface area contributed by atoms with Gasteiger partial charge in [-0.05, 0) is 60.5 Å². The first kappa shape index (κ1) is 20.1. The topological polar surface area (TPSA) is 65.2 Å². The third-order valence-corrected chi connectivity index (χ3v) is 5.88. The molecular formula is C24H26FN3O2. The lowest BCUT2D eigenvalue weighted by Crippen LogP contribution is -2.42. The molecule has 1 heterocycles. The van der Waals surface area contributed by atoms with Gasteiger partial charge < -0.3 is 15.2 Å². The number of aromatic amines is 1. The normalized spacial score (nSPS) is 14.2. The van der Waals surface area contributed by atoms with Crippen LogP contribution in [0.4, 0.5) is 14.9 Å². The summed E-state index contributed by atoms with van der Waals surface area (Å²) in [5.41, 5.74) is 2.44. The number of aromatic nitrogens is 1. The third-order valence-electron chi connectivity index (χ3n) is 5.88. The minimum Gasteiger partial charge on any atom is -0.322 e. The van der Waals surface area contributed by atoms with E-state index in [0.717, 1.165) is 43.0 Å². The molecule has 0 spiro atoms. The Balaban J connectivity index is 1.65. The van der Waals surface area contributed by atoms with Crippen molar-refractivity contribution in [1.29, 1.82) is 0 Å². The molecule has 2 aromatic carbocycles. The van der Waals surface area contributed by atoms with Gasteiger partial charge in [-0.25, -0.2) is 9.18 Å². The largest absolute Gasteiger partial charge is 0.322 e. The Kier molecular flexibility index (Phi) is 5.84. The van der Waals surface area contributed by atoms with Crippen molar-refractivity contribution in [2.45, 2.75) is 51.6 Å². The number of hydrogen-bond donors (Lipinski definition) is 2. The van der Waals surface area contributed by atoms with Gasteiger partial charge in [-0.2, -0.15) is 0 Å². The number of nitrogens with zero attached hydrogens (tertiary/aromatic N) is 1. The second kappa shape index (κ2) is 8.69. The summed E-state index contributed by atoms with van der Waals surface area (Å²) < 4.78 is 14.0. The number of urea groups is 1. The molecule has 1 aliphatic carbocycles. The van der Waals surface area contributed by atoms with E-state index in [-0.39, 0.29) is 29.9 Å². The van der Waals surface area contributed by atoms with Crippen molar-refractivity contribution in [1.82, 2.24) is 9.88 Å². The van der Waals surface area contributed by atoms with E-state index >= 15 is 0 Å². The summed E-state index contributed by atoms with van der Waals surface area (Å²) in [7, 11) is 0. The summed E-state index contributed by atoms with van der Waals surface area (Å²) in [6.07, 6.45) is 4.76. The Labute approximate surface area is 174 Å². The number of hydrogen-bond acceptors (Lipinski definition) is 2. The van der Waals surface area contributed by atoms with Crippen LogP contribution in [0.3, 0.4) is 0 Å². The Morgan fingerprint density at radius 1 is 1.17 bits per heavy atom. The van der Waals surface area contributed by atoms with Crippen molar-refractivity contribution in [2.24, 2.45) is 0 Å². The van der Waals surface area contributed by atoms with Gasteiger partial charge in [-0.1, -0.05) is 38.0 Å². The summed E-state index contributed by atoms with van der Waals surface area (Å²) in [4.78, 5) is 30.4. The molecule has 0 radical (unpaired) electrons. The number of rotatable bonds is 5. The van der Waals surface area contributed by atoms with E-state index < -0.39 is 5.82 Å². The maximum absolute atomic E-state index is 14.0. The predicted octanol–water partition coefficient (Wildman–Crippen LogP) is 5.21. The monoisotopic (exact) mass is 407 g/mol. The standard InChI is InChI=1S/C24H26FN3O2/c1-2-16-11-12-21-17(13-16)14-18(23(29)26-21)15-28(19-7-3-4-8-19)24(30)27-22-10-6-5-9-20(22)25/h5-6,9-14,19H,2-4,7-8,15H2,1H3,(H,26,29)(H,27,30). The number of pyridine rings is 1. The lowest BCUT2D eigenvalue weighted by molar-refractivity contribution is 0.184. The minimum absolute atomic E-state index is 0.0360. The molecule has 30 heavy (non-hydrogen) atoms. The number of carbonyl (C=O) groups excluding carboxylic acids is 1. The highest BCUT2D eigenvalue weighted by molar-refractivity contribution is 5.89. The molecule has 0 saturated heterocycles. The van der Waals surface area contributed by atoms with Gasteiger partial charge in [-0.3, -0.25) is 4.79 Å². The second-order valence-corrected chi connectivity index (χ2v) is 7.88. The third kappa shape index (κ3) is 4.22. The zero-order chi connectivity index (χ0) is 21.1. The van der Waals surface area contributed by atoms with Crippen LogP contribution in [0, 0.1) is 5.82 Å². The predicted molar refractivity (Wildman–Crippen MR) is 117 cm³/mol. The summed E-state index contributed by atoms with van der Waals surface area (Å²) in [6, 6.07) is 13.6. The van der Waals surface area contributed by atoms with Gasteiger partial charge >= 0.3 is 6.03 Å². The number of nitrogens with one attached hydrogen (secondary N) is 2. The summed E-state index contributed by atoms with van der Waals surface area (Å²) in [5, 5.41) is 3.63. The van der Waals surface area contributed by atoms with Crippen LogP contribution < -0.4 is 10.9 Å². The molecule has 0 atom stereocenters. The SMILES string of the molecule is CCc1ccc2[nH]c(=O)c(CN(C(=O)Nc3ccccc3F)C3CCCC3)cc2c1. The van der Waals surface area contributed by atoms with Gasteiger partial charge in [-0.15, -0.1) is 0 Å². The van der Waals surface area contributed by atoms with Gasteiger partial charge in [0.2, 0.25) is 0 Å². The van der Waals surface area contributed by atoms with Crippen LogP contribution >= 0.6 is 0 Å². The highest BCUT2D eigenvalue weighted by Crippen LogP contribution is 2.26. The number of anilines is 1. The van der Waals surface area contributed by atoms with E-state index in [4.69, 9.17) is 0 Å². The van der Waals surface area contributed by atoms with Gasteiger partial charge in [0.25, 0.3) is 5.56 Å². The lowest BCUT2D eigenvalue weighted by Gasteiger charge is -2.29. The molecule has 2 N–H and O–H groups in total. The van der Waals surface area contributed by atoms with Gasteiger partial charge in [0, 0.05) is 17.1 Å². The van der Waals surface area contributed by atoms with Crippen LogP contribution in [0.15, 0.2) is 53.3 Å². The smallest absolute Gasteiger partial charge is 0.322 e. The highest BCUT2D eigenvalue weighted by Gasteiger charge is 2.28. The van der Waals surface area contributed by atoms with Crippen molar-refractivity contribution in [3.8, 4) is 0 Å². The van der Waals surface area contributed by atoms with Crippen LogP contribution in [-0.4, -0.2) is 22.0 Å². The van der Waals surface area contributed by atoms with Crippen molar-refractivity contribution in [2.75, 3.05) is 5.32 Å². The van der Waals surface area contributed by atoms with E-state index in [1.807, 2.05) is 18.2 Å².